The van der Waals surface area contributed by atoms with Crippen molar-refractivity contribution >= 4 is 5.71 Å². The number of alkyl halides is 3. The highest BCUT2D eigenvalue weighted by Crippen LogP contribution is 2.31. The van der Waals surface area contributed by atoms with Gasteiger partial charge in [0, 0.05) is 5.71 Å². The minimum Gasteiger partial charge on any atom is -0.282 e. The van der Waals surface area contributed by atoms with Crippen LogP contribution in [-0.2, 0) is 6.18 Å². The number of nitrogens with zero attached hydrogens (tertiary/aromatic N) is 1. The molecule has 4 heteroatoms. The fourth-order valence-electron chi connectivity index (χ4n) is 2.33. The molecule has 2 aromatic carbocycles. The molecule has 0 aliphatic rings. The molecule has 0 aliphatic heterocycles. The molecule has 1 unspecified atom stereocenters. The zero-order chi connectivity index (χ0) is 16.3. The smallest absolute Gasteiger partial charge is 0.282 e. The molecule has 0 bridgehead atoms. The first-order valence-electron chi connectivity index (χ1n) is 7.06. The third kappa shape index (κ3) is 3.97. The van der Waals surface area contributed by atoms with Crippen LogP contribution in [0.15, 0.2) is 53.5 Å². The molecule has 22 heavy (non-hydrogen) atoms. The van der Waals surface area contributed by atoms with Crippen LogP contribution < -0.4 is 0 Å². The van der Waals surface area contributed by atoms with Crippen molar-refractivity contribution < 1.29 is 13.2 Å². The molecule has 0 radical (unpaired) electrons. The molecular weight excluding hydrogens is 287 g/mol. The molecule has 0 saturated carbocycles. The number of hydrogen-bond acceptors (Lipinski definition) is 1. The van der Waals surface area contributed by atoms with E-state index in [0.717, 1.165) is 17.7 Å². The zero-order valence-corrected chi connectivity index (χ0v) is 12.8. The van der Waals surface area contributed by atoms with Gasteiger partial charge in [-0.2, -0.15) is 13.2 Å². The maximum absolute atomic E-state index is 12.9. The molecule has 116 valence electrons. The van der Waals surface area contributed by atoms with E-state index in [1.165, 1.54) is 0 Å². The normalized spacial score (nSPS) is 14.0. The van der Waals surface area contributed by atoms with Crippen molar-refractivity contribution in [2.45, 2.75) is 33.0 Å². The fourth-order valence-corrected chi connectivity index (χ4v) is 2.33. The fraction of sp³-hybridized carbons (Fsp3) is 0.278. The van der Waals surface area contributed by atoms with E-state index in [1.54, 1.807) is 19.9 Å². The summed E-state index contributed by atoms with van der Waals surface area (Å²) in [4.78, 5) is 4.53. The van der Waals surface area contributed by atoms with Crippen LogP contribution in [0.1, 0.15) is 42.1 Å². The summed E-state index contributed by atoms with van der Waals surface area (Å²) >= 11 is 0. The summed E-state index contributed by atoms with van der Waals surface area (Å²) in [6, 6.07) is 13.6. The van der Waals surface area contributed by atoms with Gasteiger partial charge in [-0.25, -0.2) is 0 Å². The molecule has 2 rings (SSSR count). The molecule has 0 saturated heterocycles. The van der Waals surface area contributed by atoms with Gasteiger partial charge in [-0.1, -0.05) is 36.4 Å². The second-order valence-corrected chi connectivity index (χ2v) is 5.39. The van der Waals surface area contributed by atoms with Gasteiger partial charge in [0.25, 0.3) is 0 Å². The van der Waals surface area contributed by atoms with Gasteiger partial charge in [-0.3, -0.25) is 4.99 Å². The summed E-state index contributed by atoms with van der Waals surface area (Å²) in [5.74, 6) is 0. The van der Waals surface area contributed by atoms with Crippen molar-refractivity contribution in [1.29, 1.82) is 0 Å². The van der Waals surface area contributed by atoms with Crippen LogP contribution in [0.4, 0.5) is 13.2 Å². The van der Waals surface area contributed by atoms with Crippen molar-refractivity contribution in [3.8, 4) is 0 Å². The Kier molecular flexibility index (Phi) is 4.69. The van der Waals surface area contributed by atoms with Crippen LogP contribution in [0.5, 0.6) is 0 Å². The topological polar surface area (TPSA) is 12.4 Å². The summed E-state index contributed by atoms with van der Waals surface area (Å²) < 4.78 is 38.7. The Morgan fingerprint density at radius 1 is 1.05 bits per heavy atom. The van der Waals surface area contributed by atoms with Crippen LogP contribution in [0.2, 0.25) is 0 Å². The van der Waals surface area contributed by atoms with Gasteiger partial charge < -0.3 is 0 Å². The van der Waals surface area contributed by atoms with E-state index in [2.05, 4.69) is 4.99 Å². The van der Waals surface area contributed by atoms with Gasteiger partial charge in [-0.15, -0.1) is 0 Å². The van der Waals surface area contributed by atoms with Crippen molar-refractivity contribution in [2.75, 3.05) is 0 Å². The van der Waals surface area contributed by atoms with Gasteiger partial charge in [0.15, 0.2) is 0 Å². The Balaban J connectivity index is 2.35. The lowest BCUT2D eigenvalue weighted by molar-refractivity contribution is -0.137. The van der Waals surface area contributed by atoms with Crippen LogP contribution in [0.3, 0.4) is 0 Å². The second kappa shape index (κ2) is 6.34. The van der Waals surface area contributed by atoms with Gasteiger partial charge in [0.05, 0.1) is 11.6 Å². The maximum atomic E-state index is 12.9. The van der Waals surface area contributed by atoms with Crippen molar-refractivity contribution in [2.24, 2.45) is 4.99 Å². The van der Waals surface area contributed by atoms with E-state index < -0.39 is 11.7 Å². The monoisotopic (exact) mass is 305 g/mol. The molecule has 1 nitrogen and oxygen atoms in total. The van der Waals surface area contributed by atoms with Gasteiger partial charge >= 0.3 is 6.18 Å². The molecular formula is C18H18F3N. The van der Waals surface area contributed by atoms with Gasteiger partial charge in [0.1, 0.15) is 0 Å². The van der Waals surface area contributed by atoms with E-state index in [4.69, 9.17) is 0 Å². The molecule has 0 fully saturated rings. The molecule has 2 aromatic rings. The van der Waals surface area contributed by atoms with Crippen LogP contribution in [-0.4, -0.2) is 5.71 Å². The first-order valence-corrected chi connectivity index (χ1v) is 7.06. The third-order valence-electron chi connectivity index (χ3n) is 3.49. The summed E-state index contributed by atoms with van der Waals surface area (Å²) in [5.41, 5.74) is 2.09. The summed E-state index contributed by atoms with van der Waals surface area (Å²) in [6.07, 6.45) is -4.34. The average Bonchev–Trinajstić information content (AvgIpc) is 2.46. The standard InChI is InChI=1S/C18H18F3N/c1-12-9-16(11-17(10-12)18(19,20)21)14(3)22-13(2)15-7-5-4-6-8-15/h4-11,13H,1-3H3/b22-14+. The Bertz CT molecular complexity index is 672. The largest absolute Gasteiger partial charge is 0.416 e. The summed E-state index contributed by atoms with van der Waals surface area (Å²) in [7, 11) is 0. The highest BCUT2D eigenvalue weighted by molar-refractivity contribution is 5.99. The van der Waals surface area contributed by atoms with Gasteiger partial charge in [0.2, 0.25) is 0 Å². The Morgan fingerprint density at radius 3 is 2.27 bits per heavy atom. The van der Waals surface area contributed by atoms with Crippen LogP contribution in [0, 0.1) is 6.92 Å². The first-order chi connectivity index (χ1) is 10.3. The molecule has 0 aromatic heterocycles. The highest BCUT2D eigenvalue weighted by atomic mass is 19.4. The summed E-state index contributed by atoms with van der Waals surface area (Å²) in [6.45, 7) is 5.33. The highest BCUT2D eigenvalue weighted by Gasteiger charge is 2.31. The predicted molar refractivity (Wildman–Crippen MR) is 83.2 cm³/mol. The number of benzene rings is 2. The average molecular weight is 305 g/mol. The Hall–Kier alpha value is -2.10. The number of aryl methyl sites for hydroxylation is 1. The molecule has 0 heterocycles. The number of halogens is 3. The number of hydrogen-bond donors (Lipinski definition) is 0. The third-order valence-corrected chi connectivity index (χ3v) is 3.49. The van der Waals surface area contributed by atoms with E-state index >= 15 is 0 Å². The lowest BCUT2D eigenvalue weighted by Gasteiger charge is -2.12. The molecule has 0 amide bonds. The van der Waals surface area contributed by atoms with Crippen LogP contribution in [0.25, 0.3) is 0 Å². The first kappa shape index (κ1) is 16.3. The number of rotatable bonds is 3. The molecule has 0 N–H and O–H groups in total. The molecule has 0 aliphatic carbocycles. The van der Waals surface area contributed by atoms with E-state index in [-0.39, 0.29) is 6.04 Å². The quantitative estimate of drug-likeness (QED) is 0.656. The molecule has 1 atom stereocenters. The van der Waals surface area contributed by atoms with Crippen molar-refractivity contribution in [3.05, 3.63) is 70.8 Å². The van der Waals surface area contributed by atoms with E-state index in [0.29, 0.717) is 16.8 Å². The predicted octanol–water partition coefficient (Wildman–Crippen LogP) is 5.58. The van der Waals surface area contributed by atoms with Crippen LogP contribution >= 0.6 is 0 Å². The lowest BCUT2D eigenvalue weighted by atomic mass is 10.0. The Morgan fingerprint density at radius 2 is 1.68 bits per heavy atom. The van der Waals surface area contributed by atoms with E-state index in [9.17, 15) is 13.2 Å². The van der Waals surface area contributed by atoms with E-state index in [1.807, 2.05) is 37.3 Å². The second-order valence-electron chi connectivity index (χ2n) is 5.39. The summed E-state index contributed by atoms with van der Waals surface area (Å²) in [5, 5.41) is 0. The molecule has 0 spiro atoms. The minimum absolute atomic E-state index is 0.101. The maximum Gasteiger partial charge on any atom is 0.416 e. The zero-order valence-electron chi connectivity index (χ0n) is 12.8. The number of aliphatic imine (C=N–C) groups is 1. The lowest BCUT2D eigenvalue weighted by Crippen LogP contribution is -2.08. The van der Waals surface area contributed by atoms with Gasteiger partial charge in [-0.05, 0) is 49.6 Å². The van der Waals surface area contributed by atoms with Crippen molar-refractivity contribution in [1.82, 2.24) is 0 Å². The Labute approximate surface area is 128 Å². The SMILES string of the molecule is C/C(=N\C(C)c1ccccc1)c1cc(C)cc(C(F)(F)F)c1. The minimum atomic E-state index is -4.34. The van der Waals surface area contributed by atoms with Crippen molar-refractivity contribution in [3.63, 3.8) is 0 Å².